The van der Waals surface area contributed by atoms with Crippen molar-refractivity contribution in [3.05, 3.63) is 77.4 Å². The molecule has 0 aromatic heterocycles. The van der Waals surface area contributed by atoms with Gasteiger partial charge in [0.25, 0.3) is 5.91 Å². The lowest BCUT2D eigenvalue weighted by Crippen LogP contribution is -2.37. The van der Waals surface area contributed by atoms with Gasteiger partial charge in [0.2, 0.25) is 0 Å². The van der Waals surface area contributed by atoms with Crippen LogP contribution in [0.2, 0.25) is 0 Å². The first kappa shape index (κ1) is 22.0. The summed E-state index contributed by atoms with van der Waals surface area (Å²) in [6, 6.07) is 21.6. The average molecular weight is 453 g/mol. The molecule has 2 aromatic carbocycles. The summed E-state index contributed by atoms with van der Waals surface area (Å²) in [4.78, 5) is 18.6. The predicted molar refractivity (Wildman–Crippen MR) is 138 cm³/mol. The van der Waals surface area contributed by atoms with Gasteiger partial charge in [0.15, 0.2) is 0 Å². The Kier molecular flexibility index (Phi) is 5.56. The van der Waals surface area contributed by atoms with E-state index < -0.39 is 0 Å². The maximum atomic E-state index is 13.9. The molecular formula is C31H36N2O. The summed E-state index contributed by atoms with van der Waals surface area (Å²) in [6.07, 6.45) is 13.1. The Bertz CT molecular complexity index is 1100. The van der Waals surface area contributed by atoms with Crippen LogP contribution in [0.15, 0.2) is 71.2 Å². The van der Waals surface area contributed by atoms with Crippen molar-refractivity contribution in [1.82, 2.24) is 0 Å². The fourth-order valence-corrected chi connectivity index (χ4v) is 7.97. The van der Waals surface area contributed by atoms with E-state index >= 15 is 0 Å². The number of carbonyl (C=O) groups is 1. The second kappa shape index (κ2) is 8.61. The summed E-state index contributed by atoms with van der Waals surface area (Å²) < 4.78 is 0. The first-order chi connectivity index (χ1) is 16.6. The highest BCUT2D eigenvalue weighted by molar-refractivity contribution is 5.92. The smallest absolute Gasteiger partial charge is 0.252 e. The van der Waals surface area contributed by atoms with E-state index in [1.54, 1.807) is 0 Å². The Morgan fingerprint density at radius 1 is 0.941 bits per heavy atom. The Labute approximate surface area is 203 Å². The van der Waals surface area contributed by atoms with Gasteiger partial charge in [-0.15, -0.1) is 0 Å². The molecule has 0 spiro atoms. The van der Waals surface area contributed by atoms with E-state index in [2.05, 4.69) is 66.7 Å². The van der Waals surface area contributed by atoms with Crippen LogP contribution in [0.4, 0.5) is 0 Å². The van der Waals surface area contributed by atoms with Crippen molar-refractivity contribution in [3.8, 4) is 0 Å². The van der Waals surface area contributed by atoms with Crippen molar-refractivity contribution in [2.45, 2.75) is 56.8 Å². The Balaban J connectivity index is 1.31. The lowest BCUT2D eigenvalue weighted by Gasteiger charge is -2.41. The van der Waals surface area contributed by atoms with E-state index in [1.165, 1.54) is 16.7 Å². The topological polar surface area (TPSA) is 55.4 Å². The predicted octanol–water partition coefficient (Wildman–Crippen LogP) is 6.19. The zero-order valence-electron chi connectivity index (χ0n) is 20.0. The molecule has 4 atom stereocenters. The molecule has 3 heteroatoms. The highest BCUT2D eigenvalue weighted by atomic mass is 16.1. The fourth-order valence-electron chi connectivity index (χ4n) is 7.97. The van der Waals surface area contributed by atoms with Crippen molar-refractivity contribution in [2.75, 3.05) is 6.54 Å². The van der Waals surface area contributed by atoms with Gasteiger partial charge in [-0.3, -0.25) is 4.79 Å². The van der Waals surface area contributed by atoms with Crippen LogP contribution >= 0.6 is 0 Å². The van der Waals surface area contributed by atoms with Gasteiger partial charge in [-0.05, 0) is 98.1 Å². The number of hydrogen-bond acceptors (Lipinski definition) is 2. The number of rotatable bonds is 5. The van der Waals surface area contributed by atoms with Gasteiger partial charge in [0.05, 0.1) is 5.41 Å². The number of aliphatic imine (C=N–C) groups is 1. The number of carbonyl (C=O) groups excluding carboxylic acids is 1. The molecule has 5 aliphatic carbocycles. The van der Waals surface area contributed by atoms with Crippen molar-refractivity contribution in [2.24, 2.45) is 39.8 Å². The highest BCUT2D eigenvalue weighted by Crippen LogP contribution is 2.73. The van der Waals surface area contributed by atoms with E-state index in [-0.39, 0.29) is 16.7 Å². The molecule has 4 unspecified atom stereocenters. The molecule has 34 heavy (non-hydrogen) atoms. The first-order valence-electron chi connectivity index (χ1n) is 13.2. The highest BCUT2D eigenvalue weighted by Gasteiger charge is 2.69. The molecule has 0 aliphatic heterocycles. The van der Waals surface area contributed by atoms with E-state index in [9.17, 15) is 4.79 Å². The number of benzene rings is 2. The lowest BCUT2D eigenvalue weighted by molar-refractivity contribution is -0.129. The standard InChI is InChI=1S/C31H36N2O/c32-19-23-11-13-24(14-12-23)20-33-29(34)31-17-25-16-30(21-31,26-9-5-2-6-10-26)18-28(31)27(25)15-22-7-3-1-4-8-22/h1-10,15,20,23-25,28H,11-14,16-19,21,32H2/b27-15-,33-20+. The van der Waals surface area contributed by atoms with Gasteiger partial charge in [-0.2, -0.15) is 0 Å². The maximum absolute atomic E-state index is 13.9. The second-order valence-corrected chi connectivity index (χ2v) is 11.5. The first-order valence-corrected chi connectivity index (χ1v) is 13.2. The average Bonchev–Trinajstić information content (AvgIpc) is 3.26. The van der Waals surface area contributed by atoms with Crippen LogP contribution < -0.4 is 5.73 Å². The van der Waals surface area contributed by atoms with E-state index in [1.807, 2.05) is 6.21 Å². The van der Waals surface area contributed by atoms with Crippen LogP contribution in [0.5, 0.6) is 0 Å². The van der Waals surface area contributed by atoms with Gasteiger partial charge in [0, 0.05) is 6.21 Å². The molecule has 5 aliphatic rings. The molecule has 4 bridgehead atoms. The van der Waals surface area contributed by atoms with Gasteiger partial charge in [-0.1, -0.05) is 72.3 Å². The summed E-state index contributed by atoms with van der Waals surface area (Å²) in [5.41, 5.74) is 9.83. The summed E-state index contributed by atoms with van der Waals surface area (Å²) in [5, 5.41) is 0. The molecular weight excluding hydrogens is 416 g/mol. The second-order valence-electron chi connectivity index (χ2n) is 11.5. The third-order valence-corrected chi connectivity index (χ3v) is 9.61. The van der Waals surface area contributed by atoms with Crippen LogP contribution in [-0.2, 0) is 10.2 Å². The SMILES string of the molecule is NCC1CCC(/C=N/C(=O)C23CC4CC(c5ccccc5)(CC2/C4=C\c2ccccc2)C3)CC1. The minimum atomic E-state index is -0.329. The minimum absolute atomic E-state index is 0.118. The lowest BCUT2D eigenvalue weighted by atomic mass is 9.63. The van der Waals surface area contributed by atoms with Crippen molar-refractivity contribution >= 4 is 18.2 Å². The summed E-state index contributed by atoms with van der Waals surface area (Å²) in [5.74, 6) is 2.02. The van der Waals surface area contributed by atoms with Crippen molar-refractivity contribution < 1.29 is 4.79 Å². The molecule has 7 rings (SSSR count). The minimum Gasteiger partial charge on any atom is -0.330 e. The van der Waals surface area contributed by atoms with E-state index in [4.69, 9.17) is 10.7 Å². The van der Waals surface area contributed by atoms with Gasteiger partial charge >= 0.3 is 0 Å². The molecule has 0 saturated heterocycles. The monoisotopic (exact) mass is 452 g/mol. The third-order valence-electron chi connectivity index (χ3n) is 9.61. The van der Waals surface area contributed by atoms with Crippen molar-refractivity contribution in [1.29, 1.82) is 0 Å². The molecule has 2 aromatic rings. The zero-order chi connectivity index (χ0) is 23.2. The largest absolute Gasteiger partial charge is 0.330 e. The summed E-state index contributed by atoms with van der Waals surface area (Å²) in [6.45, 7) is 0.785. The third kappa shape index (κ3) is 3.60. The van der Waals surface area contributed by atoms with Gasteiger partial charge in [-0.25, -0.2) is 4.99 Å². The van der Waals surface area contributed by atoms with Crippen LogP contribution in [0.3, 0.4) is 0 Å². The fraction of sp³-hybridized carbons (Fsp3) is 0.484. The normalized spacial score (nSPS) is 37.6. The maximum Gasteiger partial charge on any atom is 0.252 e. The number of nitrogens with two attached hydrogens (primary N) is 1. The Morgan fingerprint density at radius 3 is 2.35 bits per heavy atom. The molecule has 0 heterocycles. The van der Waals surface area contributed by atoms with E-state index in [0.29, 0.717) is 23.7 Å². The van der Waals surface area contributed by atoms with Crippen LogP contribution in [0, 0.1) is 29.1 Å². The van der Waals surface area contributed by atoms with Crippen molar-refractivity contribution in [3.63, 3.8) is 0 Å². The molecule has 0 radical (unpaired) electrons. The molecule has 3 nitrogen and oxygen atoms in total. The molecule has 5 fully saturated rings. The molecule has 176 valence electrons. The zero-order valence-corrected chi connectivity index (χ0v) is 20.0. The van der Waals surface area contributed by atoms with Crippen LogP contribution in [-0.4, -0.2) is 18.7 Å². The van der Waals surface area contributed by atoms with E-state index in [0.717, 1.165) is 57.9 Å². The molecule has 5 saturated carbocycles. The summed E-state index contributed by atoms with van der Waals surface area (Å²) >= 11 is 0. The van der Waals surface area contributed by atoms with Crippen LogP contribution in [0.1, 0.15) is 62.5 Å². The number of hydrogen-bond donors (Lipinski definition) is 1. The number of nitrogens with zero attached hydrogens (tertiary/aromatic N) is 1. The molecule has 2 N–H and O–H groups in total. The Morgan fingerprint density at radius 2 is 1.65 bits per heavy atom. The van der Waals surface area contributed by atoms with Gasteiger partial charge in [0.1, 0.15) is 0 Å². The quantitative estimate of drug-likeness (QED) is 0.550. The van der Waals surface area contributed by atoms with Crippen LogP contribution in [0.25, 0.3) is 6.08 Å². The summed E-state index contributed by atoms with van der Waals surface area (Å²) in [7, 11) is 0. The number of amides is 1. The number of allylic oxidation sites excluding steroid dienone is 1. The molecule has 1 amide bonds. The van der Waals surface area contributed by atoms with Gasteiger partial charge < -0.3 is 5.73 Å². The Hall–Kier alpha value is -2.52.